The third kappa shape index (κ3) is 5.56. The van der Waals surface area contributed by atoms with Gasteiger partial charge in [-0.05, 0) is 42.2 Å². The van der Waals surface area contributed by atoms with Gasteiger partial charge in [0.05, 0.1) is 0 Å². The second-order valence-corrected chi connectivity index (χ2v) is 8.80. The number of benzene rings is 2. The third-order valence-corrected chi connectivity index (χ3v) is 5.92. The summed E-state index contributed by atoms with van der Waals surface area (Å²) in [5, 5.41) is 4.43. The lowest BCUT2D eigenvalue weighted by Gasteiger charge is -2.34. The van der Waals surface area contributed by atoms with Crippen LogP contribution in [0.25, 0.3) is 0 Å². The summed E-state index contributed by atoms with van der Waals surface area (Å²) in [4.78, 5) is 17.2. The first-order chi connectivity index (χ1) is 15.5. The van der Waals surface area contributed by atoms with Gasteiger partial charge >= 0.3 is 0 Å². The highest BCUT2D eigenvalue weighted by Crippen LogP contribution is 2.19. The number of hydrogen-bond donors (Lipinski definition) is 0. The predicted molar refractivity (Wildman–Crippen MR) is 126 cm³/mol. The van der Waals surface area contributed by atoms with Gasteiger partial charge in [0, 0.05) is 38.9 Å². The lowest BCUT2D eigenvalue weighted by molar-refractivity contribution is 0.0621. The van der Waals surface area contributed by atoms with E-state index < -0.39 is 0 Å². The summed E-state index contributed by atoms with van der Waals surface area (Å²) in [5.74, 6) is 1.27. The van der Waals surface area contributed by atoms with E-state index in [4.69, 9.17) is 4.74 Å². The van der Waals surface area contributed by atoms with Gasteiger partial charge in [-0.3, -0.25) is 9.69 Å². The average molecular weight is 433 g/mol. The molecule has 4 rings (SSSR count). The molecule has 1 fully saturated rings. The van der Waals surface area contributed by atoms with Gasteiger partial charge in [-0.25, -0.2) is 4.68 Å². The third-order valence-electron chi connectivity index (χ3n) is 5.92. The van der Waals surface area contributed by atoms with Crippen LogP contribution in [0.15, 0.2) is 60.8 Å². The van der Waals surface area contributed by atoms with Crippen LogP contribution in [0.5, 0.6) is 5.75 Å². The van der Waals surface area contributed by atoms with Gasteiger partial charge < -0.3 is 9.64 Å². The first kappa shape index (κ1) is 22.1. The van der Waals surface area contributed by atoms with Crippen molar-refractivity contribution in [2.24, 2.45) is 0 Å². The van der Waals surface area contributed by atoms with E-state index in [-0.39, 0.29) is 12.6 Å². The molecule has 2 aromatic carbocycles. The molecule has 0 atom stereocenters. The van der Waals surface area contributed by atoms with Crippen molar-refractivity contribution in [2.45, 2.75) is 40.0 Å². The molecule has 1 amide bonds. The summed E-state index contributed by atoms with van der Waals surface area (Å²) >= 11 is 0. The van der Waals surface area contributed by atoms with Crippen molar-refractivity contribution < 1.29 is 9.53 Å². The van der Waals surface area contributed by atoms with Gasteiger partial charge in [-0.1, -0.05) is 55.8 Å². The Balaban J connectivity index is 1.26. The Bertz CT molecular complexity index is 1030. The lowest BCUT2D eigenvalue weighted by atomic mass is 10.0. The van der Waals surface area contributed by atoms with Crippen LogP contribution in [0.2, 0.25) is 0 Å². The molecule has 168 valence electrons. The summed E-state index contributed by atoms with van der Waals surface area (Å²) in [5.41, 5.74) is 4.35. The minimum absolute atomic E-state index is 0.0137. The first-order valence-electron chi connectivity index (χ1n) is 11.3. The lowest BCUT2D eigenvalue weighted by Crippen LogP contribution is -2.48. The van der Waals surface area contributed by atoms with Crippen molar-refractivity contribution in [1.82, 2.24) is 19.6 Å². The minimum Gasteiger partial charge on any atom is -0.471 e. The number of rotatable bonds is 7. The number of hydrogen-bond acceptors (Lipinski definition) is 4. The normalized spacial score (nSPS) is 14.7. The highest BCUT2D eigenvalue weighted by Gasteiger charge is 2.23. The Morgan fingerprint density at radius 3 is 2.47 bits per heavy atom. The molecule has 0 radical (unpaired) electrons. The molecular weight excluding hydrogens is 400 g/mol. The maximum atomic E-state index is 12.9. The highest BCUT2D eigenvalue weighted by molar-refractivity contribution is 5.92. The monoisotopic (exact) mass is 432 g/mol. The number of carbonyl (C=O) groups is 1. The molecular formula is C26H32N4O2. The van der Waals surface area contributed by atoms with E-state index in [2.05, 4.69) is 67.2 Å². The van der Waals surface area contributed by atoms with E-state index in [9.17, 15) is 4.79 Å². The van der Waals surface area contributed by atoms with Crippen molar-refractivity contribution in [3.05, 3.63) is 83.2 Å². The maximum absolute atomic E-state index is 12.9. The molecule has 0 bridgehead atoms. The van der Waals surface area contributed by atoms with Crippen LogP contribution >= 0.6 is 0 Å². The van der Waals surface area contributed by atoms with Crippen LogP contribution in [0.4, 0.5) is 0 Å². The van der Waals surface area contributed by atoms with Crippen molar-refractivity contribution >= 4 is 5.91 Å². The largest absolute Gasteiger partial charge is 0.471 e. The van der Waals surface area contributed by atoms with Crippen LogP contribution in [0.1, 0.15) is 46.9 Å². The van der Waals surface area contributed by atoms with E-state index in [0.29, 0.717) is 11.6 Å². The van der Waals surface area contributed by atoms with Crippen LogP contribution in [0.3, 0.4) is 0 Å². The molecule has 3 aromatic rings. The van der Waals surface area contributed by atoms with E-state index in [1.807, 2.05) is 17.0 Å². The molecule has 32 heavy (non-hydrogen) atoms. The highest BCUT2D eigenvalue weighted by atomic mass is 16.5. The second-order valence-electron chi connectivity index (χ2n) is 8.80. The van der Waals surface area contributed by atoms with Gasteiger partial charge in [0.1, 0.15) is 5.75 Å². The second kappa shape index (κ2) is 10.0. The van der Waals surface area contributed by atoms with E-state index >= 15 is 0 Å². The van der Waals surface area contributed by atoms with Crippen LogP contribution in [-0.4, -0.2) is 51.7 Å². The fraction of sp³-hybridized carbons (Fsp3) is 0.385. The van der Waals surface area contributed by atoms with Crippen molar-refractivity contribution in [3.63, 3.8) is 0 Å². The van der Waals surface area contributed by atoms with E-state index in [1.54, 1.807) is 16.9 Å². The van der Waals surface area contributed by atoms with Crippen molar-refractivity contribution in [1.29, 1.82) is 0 Å². The Labute approximate surface area is 190 Å². The Kier molecular flexibility index (Phi) is 6.90. The maximum Gasteiger partial charge on any atom is 0.274 e. The molecule has 6 heteroatoms. The number of amides is 1. The Morgan fingerprint density at radius 2 is 1.78 bits per heavy atom. The molecule has 1 saturated heterocycles. The molecule has 0 aliphatic carbocycles. The first-order valence-corrected chi connectivity index (χ1v) is 11.3. The van der Waals surface area contributed by atoms with Gasteiger partial charge in [-0.2, -0.15) is 5.10 Å². The Morgan fingerprint density at radius 1 is 1.03 bits per heavy atom. The molecule has 6 nitrogen and oxygen atoms in total. The number of piperazine rings is 1. The van der Waals surface area contributed by atoms with Crippen molar-refractivity contribution in [2.75, 3.05) is 26.2 Å². The summed E-state index contributed by atoms with van der Waals surface area (Å²) in [7, 11) is 0. The predicted octanol–water partition coefficient (Wildman–Crippen LogP) is 4.31. The minimum atomic E-state index is -0.0137. The molecule has 0 saturated carbocycles. The smallest absolute Gasteiger partial charge is 0.274 e. The van der Waals surface area contributed by atoms with Crippen LogP contribution in [0, 0.1) is 6.92 Å². The summed E-state index contributed by atoms with van der Waals surface area (Å²) in [6, 6.07) is 18.5. The molecule has 0 unspecified atom stereocenters. The SMILES string of the molecule is Cc1cccc(CN2CCN(C(=O)c3ccn(COc4ccc(C(C)C)cc4)n3)CC2)c1. The summed E-state index contributed by atoms with van der Waals surface area (Å²) in [6.45, 7) is 10.8. The zero-order valence-electron chi connectivity index (χ0n) is 19.2. The Hall–Kier alpha value is -3.12. The zero-order valence-corrected chi connectivity index (χ0v) is 19.2. The summed E-state index contributed by atoms with van der Waals surface area (Å²) < 4.78 is 7.48. The number of aromatic nitrogens is 2. The molecule has 1 aromatic heterocycles. The number of nitrogens with zero attached hydrogens (tertiary/aromatic N) is 4. The van der Waals surface area contributed by atoms with Crippen LogP contribution < -0.4 is 4.74 Å². The number of carbonyl (C=O) groups excluding carboxylic acids is 1. The van der Waals surface area contributed by atoms with E-state index in [0.717, 1.165) is 38.5 Å². The van der Waals surface area contributed by atoms with Gasteiger partial charge in [0.2, 0.25) is 0 Å². The molecule has 0 N–H and O–H groups in total. The molecule has 1 aliphatic heterocycles. The standard InChI is InChI=1S/C26H32N4O2/c1-20(2)23-7-9-24(10-8-23)32-19-30-12-11-25(27-30)26(31)29-15-13-28(14-16-29)18-22-6-4-5-21(3)17-22/h4-12,17,20H,13-16,18-19H2,1-3H3. The molecule has 0 spiro atoms. The van der Waals surface area contributed by atoms with Crippen LogP contribution in [-0.2, 0) is 13.3 Å². The van der Waals surface area contributed by atoms with E-state index in [1.165, 1.54) is 16.7 Å². The van der Waals surface area contributed by atoms with Crippen molar-refractivity contribution in [3.8, 4) is 5.75 Å². The topological polar surface area (TPSA) is 50.6 Å². The fourth-order valence-electron chi connectivity index (χ4n) is 3.98. The average Bonchev–Trinajstić information content (AvgIpc) is 3.27. The summed E-state index contributed by atoms with van der Waals surface area (Å²) in [6.07, 6.45) is 1.80. The van der Waals surface area contributed by atoms with Gasteiger partial charge in [0.25, 0.3) is 5.91 Å². The quantitative estimate of drug-likeness (QED) is 0.558. The van der Waals surface area contributed by atoms with Gasteiger partial charge in [-0.15, -0.1) is 0 Å². The fourth-order valence-corrected chi connectivity index (χ4v) is 3.98. The zero-order chi connectivity index (χ0) is 22.5. The molecule has 1 aliphatic rings. The number of aryl methyl sites for hydroxylation is 1. The number of ether oxygens (including phenoxy) is 1. The van der Waals surface area contributed by atoms with Gasteiger partial charge in [0.15, 0.2) is 12.4 Å². The molecule has 2 heterocycles.